The van der Waals surface area contributed by atoms with Crippen molar-refractivity contribution in [3.05, 3.63) is 83.2 Å². The van der Waals surface area contributed by atoms with Crippen LogP contribution in [0.25, 0.3) is 22.2 Å². The van der Waals surface area contributed by atoms with Crippen LogP contribution in [0.4, 0.5) is 24.1 Å². The lowest BCUT2D eigenvalue weighted by Gasteiger charge is -2.30. The highest BCUT2D eigenvalue weighted by molar-refractivity contribution is 5.99. The Kier molecular flexibility index (Phi) is 13.7. The van der Waals surface area contributed by atoms with E-state index in [2.05, 4.69) is 31.2 Å². The van der Waals surface area contributed by atoms with E-state index in [1.54, 1.807) is 32.9 Å². The highest BCUT2D eigenvalue weighted by atomic mass is 19.3. The molecular formula is C44H53F2N7O7. The van der Waals surface area contributed by atoms with Gasteiger partial charge in [0, 0.05) is 49.3 Å². The number of imidazole rings is 1. The molecule has 5 amide bonds. The lowest BCUT2D eigenvalue weighted by molar-refractivity contribution is -0.130. The monoisotopic (exact) mass is 829 g/mol. The molecule has 320 valence electrons. The fraction of sp³-hybridized carbons (Fsp3) is 0.455. The Morgan fingerprint density at radius 2 is 1.63 bits per heavy atom. The largest absolute Gasteiger partial charge is 0.465 e. The van der Waals surface area contributed by atoms with Crippen molar-refractivity contribution >= 4 is 46.6 Å². The summed E-state index contributed by atoms with van der Waals surface area (Å²) in [5, 5.41) is 20.9. The van der Waals surface area contributed by atoms with Gasteiger partial charge in [0.25, 0.3) is 12.3 Å². The lowest BCUT2D eigenvalue weighted by atomic mass is 9.81. The van der Waals surface area contributed by atoms with Gasteiger partial charge in [0.2, 0.25) is 11.8 Å². The summed E-state index contributed by atoms with van der Waals surface area (Å²) in [6.07, 6.45) is -0.334. The van der Waals surface area contributed by atoms with Gasteiger partial charge >= 0.3 is 12.2 Å². The maximum atomic E-state index is 13.9. The summed E-state index contributed by atoms with van der Waals surface area (Å²) >= 11 is 0. The minimum absolute atomic E-state index is 0.104. The first-order chi connectivity index (χ1) is 28.5. The van der Waals surface area contributed by atoms with Crippen molar-refractivity contribution in [2.24, 2.45) is 11.8 Å². The molecular weight excluding hydrogens is 777 g/mol. The highest BCUT2D eigenvalue weighted by Crippen LogP contribution is 2.30. The van der Waals surface area contributed by atoms with Gasteiger partial charge < -0.3 is 41.0 Å². The summed E-state index contributed by atoms with van der Waals surface area (Å²) in [5.41, 5.74) is 4.38. The zero-order valence-electron chi connectivity index (χ0n) is 34.3. The van der Waals surface area contributed by atoms with Crippen LogP contribution in [0.1, 0.15) is 93.0 Å². The molecule has 14 nitrogen and oxygen atoms in total. The molecule has 0 spiro atoms. The number of amides is 5. The first-order valence-electron chi connectivity index (χ1n) is 20.4. The molecule has 60 heavy (non-hydrogen) atoms. The number of carbonyl (C=O) groups is 5. The number of carboxylic acid groups (broad SMARTS) is 1. The number of rotatable bonds is 12. The van der Waals surface area contributed by atoms with Crippen LogP contribution in [-0.2, 0) is 20.7 Å². The molecule has 4 aromatic rings. The minimum atomic E-state index is -2.78. The van der Waals surface area contributed by atoms with E-state index in [4.69, 9.17) is 4.74 Å². The third-order valence-electron chi connectivity index (χ3n) is 11.1. The van der Waals surface area contributed by atoms with E-state index in [1.165, 1.54) is 17.0 Å². The summed E-state index contributed by atoms with van der Waals surface area (Å²) in [5.74, 6) is -1.55. The van der Waals surface area contributed by atoms with Crippen LogP contribution in [0, 0.1) is 18.8 Å². The quantitative estimate of drug-likeness (QED) is 0.0853. The maximum absolute atomic E-state index is 13.9. The Morgan fingerprint density at radius 1 is 0.933 bits per heavy atom. The molecule has 0 bridgehead atoms. The molecule has 6 rings (SSSR count). The highest BCUT2D eigenvalue weighted by Gasteiger charge is 2.31. The van der Waals surface area contributed by atoms with Crippen molar-refractivity contribution in [1.29, 1.82) is 0 Å². The molecule has 2 heterocycles. The number of anilines is 1. The first kappa shape index (κ1) is 43.5. The maximum Gasteiger partial charge on any atom is 0.407 e. The second-order valence-corrected chi connectivity index (χ2v) is 16.8. The summed E-state index contributed by atoms with van der Waals surface area (Å²) in [7, 11) is 0. The van der Waals surface area contributed by atoms with Crippen LogP contribution in [0.5, 0.6) is 0 Å². The standard InChI is InChI=1S/C44H53F2N7O7/c1-25-21-30(40(55)48-31-17-19-53(20-18-31)43(58)59)13-15-33(25)28-9-5-26(6-10-28)22-36(41(56)49-32-14-16-34-35(23-32)51-38(50-34)37(45)46)52-39(54)29-11-7-27(8-12-29)24-47-42(57)60-44(2,3)4/h5-6,9-10,13-16,21,23,27,29,31,36-37H,7-8,11-12,17-20,22,24H2,1-4H3,(H,47,57)(H,48,55)(H,49,56)(H,50,51)(H,52,54)(H,58,59)/t27?,29?,36-/m0/s1. The number of ether oxygens (including phenoxy) is 1. The fourth-order valence-electron chi connectivity index (χ4n) is 7.78. The minimum Gasteiger partial charge on any atom is -0.465 e. The average molecular weight is 830 g/mol. The molecule has 16 heteroatoms. The number of aromatic nitrogens is 2. The van der Waals surface area contributed by atoms with Gasteiger partial charge in [0.15, 0.2) is 5.82 Å². The van der Waals surface area contributed by atoms with Crippen LogP contribution in [-0.4, -0.2) is 87.2 Å². The topological polar surface area (TPSA) is 195 Å². The molecule has 1 saturated carbocycles. The predicted octanol–water partition coefficient (Wildman–Crippen LogP) is 7.35. The van der Waals surface area contributed by atoms with Crippen LogP contribution in [0.3, 0.4) is 0 Å². The molecule has 1 aliphatic heterocycles. The molecule has 2 fully saturated rings. The van der Waals surface area contributed by atoms with Gasteiger partial charge in [0.1, 0.15) is 11.6 Å². The number of alkyl halides is 2. The molecule has 3 aromatic carbocycles. The second kappa shape index (κ2) is 18.9. The SMILES string of the molecule is Cc1cc(C(=O)NC2CCN(C(=O)O)CC2)ccc1-c1ccc(C[C@H](NC(=O)C2CCC(CNC(=O)OC(C)(C)C)CC2)C(=O)Nc2ccc3nc(C(F)F)[nH]c3c2)cc1. The van der Waals surface area contributed by atoms with Gasteiger partial charge in [-0.05, 0) is 125 Å². The van der Waals surface area contributed by atoms with E-state index in [1.807, 2.05) is 43.3 Å². The Labute approximate surface area is 347 Å². The van der Waals surface area contributed by atoms with E-state index in [9.17, 15) is 37.9 Å². The number of nitrogens with one attached hydrogen (secondary N) is 5. The van der Waals surface area contributed by atoms with E-state index in [0.717, 1.165) is 35.1 Å². The number of halogens is 2. The number of aryl methyl sites for hydroxylation is 1. The van der Waals surface area contributed by atoms with Crippen LogP contribution < -0.4 is 21.3 Å². The Balaban J connectivity index is 1.11. The van der Waals surface area contributed by atoms with E-state index < -0.39 is 42.0 Å². The number of nitrogens with zero attached hydrogens (tertiary/aromatic N) is 2. The second-order valence-electron chi connectivity index (χ2n) is 16.8. The van der Waals surface area contributed by atoms with Crippen molar-refractivity contribution in [2.75, 3.05) is 25.0 Å². The van der Waals surface area contributed by atoms with Crippen molar-refractivity contribution < 1.29 is 42.6 Å². The Hall–Kier alpha value is -6.06. The first-order valence-corrected chi connectivity index (χ1v) is 20.4. The van der Waals surface area contributed by atoms with Crippen LogP contribution in [0.15, 0.2) is 60.7 Å². The van der Waals surface area contributed by atoms with Gasteiger partial charge in [-0.1, -0.05) is 30.3 Å². The number of H-pyrrole nitrogens is 1. The van der Waals surface area contributed by atoms with Gasteiger partial charge in [0.05, 0.1) is 11.0 Å². The third kappa shape index (κ3) is 11.6. The van der Waals surface area contributed by atoms with Crippen molar-refractivity contribution in [1.82, 2.24) is 30.8 Å². The van der Waals surface area contributed by atoms with Crippen LogP contribution >= 0.6 is 0 Å². The zero-order chi connectivity index (χ0) is 43.1. The average Bonchev–Trinajstić information content (AvgIpc) is 3.64. The van der Waals surface area contributed by atoms with Gasteiger partial charge in [-0.15, -0.1) is 0 Å². The smallest absolute Gasteiger partial charge is 0.407 e. The van der Waals surface area contributed by atoms with Gasteiger partial charge in [-0.25, -0.2) is 23.4 Å². The van der Waals surface area contributed by atoms with E-state index in [-0.39, 0.29) is 36.1 Å². The summed E-state index contributed by atoms with van der Waals surface area (Å²) in [6.45, 7) is 8.51. The molecule has 1 atom stereocenters. The number of fused-ring (bicyclic) bond motifs is 1. The Bertz CT molecular complexity index is 2190. The molecule has 2 aliphatic rings. The summed E-state index contributed by atoms with van der Waals surface area (Å²) in [4.78, 5) is 71.9. The number of hydrogen-bond donors (Lipinski definition) is 6. The number of hydrogen-bond acceptors (Lipinski definition) is 7. The van der Waals surface area contributed by atoms with Crippen molar-refractivity contribution in [2.45, 2.75) is 96.8 Å². The Morgan fingerprint density at radius 3 is 2.27 bits per heavy atom. The third-order valence-corrected chi connectivity index (χ3v) is 11.1. The predicted molar refractivity (Wildman–Crippen MR) is 222 cm³/mol. The van der Waals surface area contributed by atoms with Gasteiger partial charge in [-0.3, -0.25) is 14.4 Å². The van der Waals surface area contributed by atoms with Crippen molar-refractivity contribution in [3.8, 4) is 11.1 Å². The number of benzene rings is 3. The van der Waals surface area contributed by atoms with Gasteiger partial charge in [-0.2, -0.15) is 0 Å². The number of piperidine rings is 1. The molecule has 1 saturated heterocycles. The fourth-order valence-corrected chi connectivity index (χ4v) is 7.78. The molecule has 1 aromatic heterocycles. The van der Waals surface area contributed by atoms with E-state index >= 15 is 0 Å². The lowest BCUT2D eigenvalue weighted by Crippen LogP contribution is -2.48. The normalized spacial score (nSPS) is 17.8. The van der Waals surface area contributed by atoms with Crippen LogP contribution in [0.2, 0.25) is 0 Å². The molecule has 0 unspecified atom stereocenters. The number of carbonyl (C=O) groups excluding carboxylic acids is 4. The number of likely N-dealkylation sites (tertiary alicyclic amines) is 1. The summed E-state index contributed by atoms with van der Waals surface area (Å²) < 4.78 is 31.9. The van der Waals surface area contributed by atoms with E-state index in [0.29, 0.717) is 67.6 Å². The zero-order valence-corrected chi connectivity index (χ0v) is 34.3. The van der Waals surface area contributed by atoms with Crippen molar-refractivity contribution in [3.63, 3.8) is 0 Å². The summed E-state index contributed by atoms with van der Waals surface area (Å²) in [6, 6.07) is 16.6. The molecule has 1 aliphatic carbocycles. The molecule has 6 N–H and O–H groups in total. The number of aromatic amines is 1. The number of alkyl carbamates (subject to hydrolysis) is 1. The molecule has 0 radical (unpaired) electrons.